The standard InChI is InChI=1S/C9H6BrFN4OS/c10-4-1-2-6(5(11)3-4)13-7(16)8-14-15-9(12)17-8/h1-3H,(H2,12,15)(H,13,16). The zero-order valence-electron chi connectivity index (χ0n) is 8.28. The molecule has 17 heavy (non-hydrogen) atoms. The minimum absolute atomic E-state index is 0.0759. The summed E-state index contributed by atoms with van der Waals surface area (Å²) in [6, 6.07) is 4.32. The van der Waals surface area contributed by atoms with Crippen molar-refractivity contribution in [3.8, 4) is 0 Å². The summed E-state index contributed by atoms with van der Waals surface area (Å²) >= 11 is 4.06. The van der Waals surface area contributed by atoms with Crippen molar-refractivity contribution < 1.29 is 9.18 Å². The number of nitrogen functional groups attached to an aromatic ring is 1. The van der Waals surface area contributed by atoms with Crippen LogP contribution in [0.15, 0.2) is 22.7 Å². The summed E-state index contributed by atoms with van der Waals surface area (Å²) in [7, 11) is 0. The monoisotopic (exact) mass is 316 g/mol. The fourth-order valence-corrected chi connectivity index (χ4v) is 1.93. The molecule has 0 unspecified atom stereocenters. The highest BCUT2D eigenvalue weighted by molar-refractivity contribution is 9.10. The van der Waals surface area contributed by atoms with Crippen LogP contribution in [0.25, 0.3) is 0 Å². The van der Waals surface area contributed by atoms with Crippen molar-refractivity contribution in [3.05, 3.63) is 33.5 Å². The summed E-state index contributed by atoms with van der Waals surface area (Å²) in [5, 5.41) is 9.72. The number of hydrogen-bond acceptors (Lipinski definition) is 5. The normalized spacial score (nSPS) is 10.2. The topological polar surface area (TPSA) is 80.9 Å². The molecule has 0 aliphatic carbocycles. The highest BCUT2D eigenvalue weighted by atomic mass is 79.9. The highest BCUT2D eigenvalue weighted by Crippen LogP contribution is 2.20. The number of halogens is 2. The Bertz CT molecular complexity index is 574. The molecule has 0 bridgehead atoms. The van der Waals surface area contributed by atoms with E-state index in [4.69, 9.17) is 5.73 Å². The molecule has 0 aliphatic heterocycles. The maximum absolute atomic E-state index is 13.4. The summed E-state index contributed by atoms with van der Waals surface area (Å²) < 4.78 is 14.0. The van der Waals surface area contributed by atoms with Crippen molar-refractivity contribution in [3.63, 3.8) is 0 Å². The lowest BCUT2D eigenvalue weighted by Crippen LogP contribution is -2.12. The average molecular weight is 317 g/mol. The lowest BCUT2D eigenvalue weighted by molar-refractivity contribution is 0.102. The van der Waals surface area contributed by atoms with Crippen LogP contribution in [0.2, 0.25) is 0 Å². The molecule has 2 rings (SSSR count). The first-order chi connectivity index (χ1) is 8.06. The molecule has 2 aromatic rings. The summed E-state index contributed by atoms with van der Waals surface area (Å²) in [6.45, 7) is 0. The van der Waals surface area contributed by atoms with Crippen molar-refractivity contribution in [2.45, 2.75) is 0 Å². The van der Waals surface area contributed by atoms with Gasteiger partial charge in [-0.2, -0.15) is 0 Å². The van der Waals surface area contributed by atoms with Gasteiger partial charge in [-0.3, -0.25) is 4.79 Å². The van der Waals surface area contributed by atoms with Crippen molar-refractivity contribution in [1.82, 2.24) is 10.2 Å². The van der Waals surface area contributed by atoms with Crippen LogP contribution in [-0.2, 0) is 0 Å². The van der Waals surface area contributed by atoms with Crippen LogP contribution in [0.1, 0.15) is 9.80 Å². The number of amides is 1. The Morgan fingerprint density at radius 2 is 2.24 bits per heavy atom. The molecule has 1 heterocycles. The van der Waals surface area contributed by atoms with E-state index in [0.717, 1.165) is 11.3 Å². The van der Waals surface area contributed by atoms with Crippen molar-refractivity contribution >= 4 is 44.0 Å². The molecule has 0 saturated heterocycles. The van der Waals surface area contributed by atoms with E-state index in [0.29, 0.717) is 4.47 Å². The predicted octanol–water partition coefficient (Wildman–Crippen LogP) is 2.27. The molecule has 1 amide bonds. The Morgan fingerprint density at radius 1 is 1.47 bits per heavy atom. The smallest absolute Gasteiger partial charge is 0.286 e. The quantitative estimate of drug-likeness (QED) is 0.890. The Morgan fingerprint density at radius 3 is 2.82 bits per heavy atom. The predicted molar refractivity (Wildman–Crippen MR) is 66.4 cm³/mol. The molecule has 0 aliphatic rings. The van der Waals surface area contributed by atoms with E-state index >= 15 is 0 Å². The van der Waals surface area contributed by atoms with E-state index in [1.807, 2.05) is 0 Å². The van der Waals surface area contributed by atoms with Gasteiger partial charge in [0.2, 0.25) is 10.1 Å². The molecule has 88 valence electrons. The van der Waals surface area contributed by atoms with Gasteiger partial charge in [0, 0.05) is 4.47 Å². The van der Waals surface area contributed by atoms with E-state index in [-0.39, 0.29) is 15.8 Å². The highest BCUT2D eigenvalue weighted by Gasteiger charge is 2.13. The number of aromatic nitrogens is 2. The lowest BCUT2D eigenvalue weighted by atomic mass is 10.3. The first-order valence-electron chi connectivity index (χ1n) is 4.41. The molecule has 3 N–H and O–H groups in total. The van der Waals surface area contributed by atoms with Crippen LogP contribution >= 0.6 is 27.3 Å². The van der Waals surface area contributed by atoms with Crippen molar-refractivity contribution in [1.29, 1.82) is 0 Å². The van der Waals surface area contributed by atoms with E-state index < -0.39 is 11.7 Å². The third-order valence-corrected chi connectivity index (χ3v) is 3.06. The van der Waals surface area contributed by atoms with Gasteiger partial charge < -0.3 is 11.1 Å². The first kappa shape index (κ1) is 11.9. The molecular formula is C9H6BrFN4OS. The summed E-state index contributed by atoms with van der Waals surface area (Å²) in [5.41, 5.74) is 5.42. The zero-order chi connectivity index (χ0) is 12.4. The van der Waals surface area contributed by atoms with Gasteiger partial charge in [0.1, 0.15) is 5.82 Å². The number of rotatable bonds is 2. The number of carbonyl (C=O) groups excluding carboxylic acids is 1. The summed E-state index contributed by atoms with van der Waals surface area (Å²) in [4.78, 5) is 11.6. The molecule has 0 spiro atoms. The number of carbonyl (C=O) groups is 1. The van der Waals surface area contributed by atoms with Crippen molar-refractivity contribution in [2.75, 3.05) is 11.1 Å². The summed E-state index contributed by atoms with van der Waals surface area (Å²) in [6.07, 6.45) is 0. The maximum Gasteiger partial charge on any atom is 0.286 e. The number of anilines is 2. The maximum atomic E-state index is 13.4. The van der Waals surface area contributed by atoms with Gasteiger partial charge >= 0.3 is 0 Å². The van der Waals surface area contributed by atoms with E-state index in [9.17, 15) is 9.18 Å². The van der Waals surface area contributed by atoms with Gasteiger partial charge in [-0.15, -0.1) is 10.2 Å². The Kier molecular flexibility index (Phi) is 3.34. The Labute approximate surface area is 108 Å². The molecule has 0 atom stereocenters. The Hall–Kier alpha value is -1.54. The molecular weight excluding hydrogens is 311 g/mol. The van der Waals surface area contributed by atoms with Gasteiger partial charge in [-0.1, -0.05) is 27.3 Å². The molecule has 0 fully saturated rings. The second kappa shape index (κ2) is 4.76. The molecule has 5 nitrogen and oxygen atoms in total. The average Bonchev–Trinajstić information content (AvgIpc) is 2.69. The SMILES string of the molecule is Nc1nnc(C(=O)Nc2ccc(Br)cc2F)s1. The van der Waals surface area contributed by atoms with E-state index in [1.54, 1.807) is 6.07 Å². The number of nitrogens with two attached hydrogens (primary N) is 1. The number of nitrogens with one attached hydrogen (secondary N) is 1. The van der Waals surface area contributed by atoms with Gasteiger partial charge in [0.15, 0.2) is 0 Å². The molecule has 1 aromatic heterocycles. The second-order valence-electron chi connectivity index (χ2n) is 3.02. The van der Waals surface area contributed by atoms with Gasteiger partial charge in [-0.25, -0.2) is 4.39 Å². The van der Waals surface area contributed by atoms with Crippen LogP contribution in [0.4, 0.5) is 15.2 Å². The number of hydrogen-bond donors (Lipinski definition) is 2. The number of benzene rings is 1. The molecule has 0 radical (unpaired) electrons. The van der Waals surface area contributed by atoms with Gasteiger partial charge in [0.25, 0.3) is 5.91 Å². The minimum Gasteiger partial charge on any atom is -0.374 e. The van der Waals surface area contributed by atoms with Gasteiger partial charge in [0.05, 0.1) is 5.69 Å². The summed E-state index contributed by atoms with van der Waals surface area (Å²) in [5.74, 6) is -1.08. The third kappa shape index (κ3) is 2.77. The number of nitrogens with zero attached hydrogens (tertiary/aromatic N) is 2. The van der Waals surface area contributed by atoms with Crippen LogP contribution in [0.5, 0.6) is 0 Å². The minimum atomic E-state index is -0.541. The van der Waals surface area contributed by atoms with E-state index in [1.165, 1.54) is 12.1 Å². The second-order valence-corrected chi connectivity index (χ2v) is 4.95. The molecule has 8 heteroatoms. The molecule has 1 aromatic carbocycles. The van der Waals surface area contributed by atoms with E-state index in [2.05, 4.69) is 31.4 Å². The van der Waals surface area contributed by atoms with Crippen LogP contribution in [-0.4, -0.2) is 16.1 Å². The fraction of sp³-hybridized carbons (Fsp3) is 0. The third-order valence-electron chi connectivity index (χ3n) is 1.81. The van der Waals surface area contributed by atoms with Gasteiger partial charge in [-0.05, 0) is 18.2 Å². The lowest BCUT2D eigenvalue weighted by Gasteiger charge is -2.04. The largest absolute Gasteiger partial charge is 0.374 e. The zero-order valence-corrected chi connectivity index (χ0v) is 10.7. The van der Waals surface area contributed by atoms with Crippen molar-refractivity contribution in [2.24, 2.45) is 0 Å². The first-order valence-corrected chi connectivity index (χ1v) is 6.02. The molecule has 0 saturated carbocycles. The van der Waals surface area contributed by atoms with Crippen LogP contribution in [0, 0.1) is 5.82 Å². The van der Waals surface area contributed by atoms with Crippen LogP contribution < -0.4 is 11.1 Å². The Balaban J connectivity index is 2.18. The van der Waals surface area contributed by atoms with Crippen LogP contribution in [0.3, 0.4) is 0 Å². The fourth-order valence-electron chi connectivity index (χ4n) is 1.09.